The van der Waals surface area contributed by atoms with E-state index in [2.05, 4.69) is 0 Å². The fourth-order valence-corrected chi connectivity index (χ4v) is 4.33. The van der Waals surface area contributed by atoms with E-state index in [-0.39, 0.29) is 10.5 Å². The lowest BCUT2D eigenvalue weighted by Gasteiger charge is -2.25. The molecule has 1 saturated heterocycles. The van der Waals surface area contributed by atoms with Gasteiger partial charge in [-0.25, -0.2) is 13.2 Å². The lowest BCUT2D eigenvalue weighted by atomic mass is 10.2. The summed E-state index contributed by atoms with van der Waals surface area (Å²) in [6.45, 7) is 1.09. The highest BCUT2D eigenvalue weighted by atomic mass is 35.5. The summed E-state index contributed by atoms with van der Waals surface area (Å²) in [7, 11) is -3.50. The Morgan fingerprint density at radius 2 is 1.52 bits per heavy atom. The van der Waals surface area contributed by atoms with Crippen molar-refractivity contribution in [3.8, 4) is 5.75 Å². The van der Waals surface area contributed by atoms with Crippen LogP contribution in [0.3, 0.4) is 0 Å². The van der Waals surface area contributed by atoms with Gasteiger partial charge in [-0.2, -0.15) is 4.31 Å². The number of rotatable bonds is 4. The van der Waals surface area contributed by atoms with E-state index < -0.39 is 16.0 Å². The van der Waals surface area contributed by atoms with Crippen LogP contribution in [0.2, 0.25) is 5.02 Å². The Morgan fingerprint density at radius 1 is 0.920 bits per heavy atom. The van der Waals surface area contributed by atoms with E-state index in [1.165, 1.54) is 28.6 Å². The summed E-state index contributed by atoms with van der Waals surface area (Å²) >= 11 is 5.79. The van der Waals surface area contributed by atoms with Gasteiger partial charge in [0.1, 0.15) is 5.75 Å². The van der Waals surface area contributed by atoms with Crippen molar-refractivity contribution in [1.82, 2.24) is 4.31 Å². The summed E-state index contributed by atoms with van der Waals surface area (Å²) in [4.78, 5) is 12.3. The van der Waals surface area contributed by atoms with Crippen molar-refractivity contribution in [1.29, 1.82) is 0 Å². The van der Waals surface area contributed by atoms with Crippen LogP contribution in [0.4, 0.5) is 0 Å². The Bertz CT molecular complexity index is 842. The molecule has 7 heteroatoms. The molecular formula is C18H18ClNO4S. The maximum absolute atomic E-state index is 12.6. The Hall–Kier alpha value is -1.89. The molecule has 0 aliphatic carbocycles. The SMILES string of the molecule is O=C(Oc1ccc(Cl)cc1)c1ccc(S(=O)(=O)N2CCCCC2)cc1. The number of benzene rings is 2. The number of halogens is 1. The first kappa shape index (κ1) is 17.9. The molecule has 2 aromatic carbocycles. The van der Waals surface area contributed by atoms with Gasteiger partial charge in [0, 0.05) is 18.1 Å². The minimum absolute atomic E-state index is 0.192. The lowest BCUT2D eigenvalue weighted by molar-refractivity contribution is 0.0734. The third kappa shape index (κ3) is 4.21. The van der Waals surface area contributed by atoms with Crippen LogP contribution in [0.1, 0.15) is 29.6 Å². The summed E-state index contributed by atoms with van der Waals surface area (Å²) in [5, 5.41) is 0.548. The first-order valence-electron chi connectivity index (χ1n) is 8.05. The summed E-state index contributed by atoms with van der Waals surface area (Å²) in [6, 6.07) is 12.3. The van der Waals surface area contributed by atoms with E-state index >= 15 is 0 Å². The molecule has 132 valence electrons. The van der Waals surface area contributed by atoms with Gasteiger partial charge in [-0.1, -0.05) is 18.0 Å². The van der Waals surface area contributed by atoms with Crippen molar-refractivity contribution in [2.24, 2.45) is 0 Å². The number of ether oxygens (including phenoxy) is 1. The van der Waals surface area contributed by atoms with E-state index in [1.54, 1.807) is 24.3 Å². The molecule has 3 rings (SSSR count). The van der Waals surface area contributed by atoms with E-state index in [4.69, 9.17) is 16.3 Å². The molecule has 5 nitrogen and oxygen atoms in total. The van der Waals surface area contributed by atoms with Crippen molar-refractivity contribution < 1.29 is 17.9 Å². The van der Waals surface area contributed by atoms with Gasteiger partial charge in [-0.15, -0.1) is 0 Å². The van der Waals surface area contributed by atoms with Gasteiger partial charge in [0.2, 0.25) is 10.0 Å². The van der Waals surface area contributed by atoms with Crippen LogP contribution < -0.4 is 4.74 Å². The van der Waals surface area contributed by atoms with Gasteiger partial charge in [-0.3, -0.25) is 0 Å². The molecule has 0 atom stereocenters. The Balaban J connectivity index is 1.73. The van der Waals surface area contributed by atoms with E-state index in [0.29, 0.717) is 23.9 Å². The Morgan fingerprint density at radius 3 is 2.12 bits per heavy atom. The maximum Gasteiger partial charge on any atom is 0.343 e. The molecule has 25 heavy (non-hydrogen) atoms. The molecule has 1 aliphatic heterocycles. The maximum atomic E-state index is 12.6. The van der Waals surface area contributed by atoms with Crippen LogP contribution in [0.25, 0.3) is 0 Å². The topological polar surface area (TPSA) is 63.7 Å². The molecule has 0 amide bonds. The van der Waals surface area contributed by atoms with Gasteiger partial charge in [0.05, 0.1) is 10.5 Å². The standard InChI is InChI=1S/C18H18ClNO4S/c19-15-6-8-16(9-7-15)24-18(21)14-4-10-17(11-5-14)25(22,23)20-12-2-1-3-13-20/h4-11H,1-3,12-13H2. The van der Waals surface area contributed by atoms with Crippen molar-refractivity contribution in [2.45, 2.75) is 24.2 Å². The van der Waals surface area contributed by atoms with Gasteiger partial charge < -0.3 is 4.74 Å². The number of hydrogen-bond acceptors (Lipinski definition) is 4. The number of carbonyl (C=O) groups is 1. The molecule has 1 heterocycles. The molecule has 0 unspecified atom stereocenters. The molecule has 0 spiro atoms. The number of hydrogen-bond donors (Lipinski definition) is 0. The third-order valence-corrected chi connectivity index (χ3v) is 6.23. The normalized spacial score (nSPS) is 15.7. The fourth-order valence-electron chi connectivity index (χ4n) is 2.69. The molecule has 0 saturated carbocycles. The van der Waals surface area contributed by atoms with Crippen molar-refractivity contribution in [2.75, 3.05) is 13.1 Å². The fraction of sp³-hybridized carbons (Fsp3) is 0.278. The average Bonchev–Trinajstić information content (AvgIpc) is 2.64. The minimum atomic E-state index is -3.50. The summed E-state index contributed by atoms with van der Waals surface area (Å²) in [5.74, 6) is -0.177. The summed E-state index contributed by atoms with van der Waals surface area (Å²) < 4.78 is 31.9. The zero-order valence-electron chi connectivity index (χ0n) is 13.5. The zero-order valence-corrected chi connectivity index (χ0v) is 15.1. The second-order valence-electron chi connectivity index (χ2n) is 5.83. The van der Waals surface area contributed by atoms with Crippen molar-refractivity contribution >= 4 is 27.6 Å². The average molecular weight is 380 g/mol. The smallest absolute Gasteiger partial charge is 0.343 e. The van der Waals surface area contributed by atoms with Crippen LogP contribution in [0, 0.1) is 0 Å². The summed E-state index contributed by atoms with van der Waals surface area (Å²) in [6.07, 6.45) is 2.82. The first-order chi connectivity index (χ1) is 12.0. The number of nitrogens with zero attached hydrogens (tertiary/aromatic N) is 1. The van der Waals surface area contributed by atoms with Crippen molar-refractivity contribution in [3.05, 3.63) is 59.1 Å². The van der Waals surface area contributed by atoms with Crippen LogP contribution in [0.5, 0.6) is 5.75 Å². The highest BCUT2D eigenvalue weighted by molar-refractivity contribution is 7.89. The van der Waals surface area contributed by atoms with Crippen LogP contribution in [-0.4, -0.2) is 31.8 Å². The molecule has 0 bridgehead atoms. The molecule has 0 radical (unpaired) electrons. The van der Waals surface area contributed by atoms with E-state index in [1.807, 2.05) is 0 Å². The van der Waals surface area contributed by atoms with Crippen LogP contribution >= 0.6 is 11.6 Å². The second kappa shape index (κ2) is 7.56. The summed E-state index contributed by atoms with van der Waals surface area (Å²) in [5.41, 5.74) is 0.285. The number of piperidine rings is 1. The van der Waals surface area contributed by atoms with E-state index in [0.717, 1.165) is 19.3 Å². The van der Waals surface area contributed by atoms with Gasteiger partial charge in [-0.05, 0) is 61.4 Å². The quantitative estimate of drug-likeness (QED) is 0.599. The predicted molar refractivity (Wildman–Crippen MR) is 95.5 cm³/mol. The number of carbonyl (C=O) groups excluding carboxylic acids is 1. The zero-order chi connectivity index (χ0) is 17.9. The Labute approximate surface area is 152 Å². The first-order valence-corrected chi connectivity index (χ1v) is 9.86. The van der Waals surface area contributed by atoms with Gasteiger partial charge >= 0.3 is 5.97 Å². The molecule has 0 aromatic heterocycles. The third-order valence-electron chi connectivity index (χ3n) is 4.07. The predicted octanol–water partition coefficient (Wildman–Crippen LogP) is 3.73. The highest BCUT2D eigenvalue weighted by Gasteiger charge is 2.26. The largest absolute Gasteiger partial charge is 0.423 e. The van der Waals surface area contributed by atoms with Crippen LogP contribution in [-0.2, 0) is 10.0 Å². The molecule has 1 aliphatic rings. The minimum Gasteiger partial charge on any atom is -0.423 e. The van der Waals surface area contributed by atoms with Gasteiger partial charge in [0.25, 0.3) is 0 Å². The molecular weight excluding hydrogens is 362 g/mol. The monoisotopic (exact) mass is 379 g/mol. The second-order valence-corrected chi connectivity index (χ2v) is 8.21. The van der Waals surface area contributed by atoms with Crippen LogP contribution in [0.15, 0.2) is 53.4 Å². The van der Waals surface area contributed by atoms with Gasteiger partial charge in [0.15, 0.2) is 0 Å². The molecule has 2 aromatic rings. The lowest BCUT2D eigenvalue weighted by Crippen LogP contribution is -2.35. The van der Waals surface area contributed by atoms with E-state index in [9.17, 15) is 13.2 Å². The van der Waals surface area contributed by atoms with Crippen molar-refractivity contribution in [3.63, 3.8) is 0 Å². The number of sulfonamides is 1. The molecule has 1 fully saturated rings. The molecule has 0 N–H and O–H groups in total. The number of esters is 1. The Kier molecular flexibility index (Phi) is 5.42. The highest BCUT2D eigenvalue weighted by Crippen LogP contribution is 2.22.